The molecule has 2 aliphatic heterocycles. The van der Waals surface area contributed by atoms with Gasteiger partial charge < -0.3 is 15.2 Å². The van der Waals surface area contributed by atoms with Crippen LogP contribution in [0.25, 0.3) is 0 Å². The Morgan fingerprint density at radius 2 is 2.00 bits per heavy atom. The standard InChI is InChI=1S/C10H11NO2/c11-9-7-2-4-12-8(7)5-6-1-3-13-10(6)9/h5H,1-4,11H2. The number of nitrogen functional groups attached to an aromatic ring is 1. The second-order valence-electron chi connectivity index (χ2n) is 3.45. The Bertz CT molecular complexity index is 341. The second-order valence-corrected chi connectivity index (χ2v) is 3.45. The third-order valence-corrected chi connectivity index (χ3v) is 2.69. The third-order valence-electron chi connectivity index (χ3n) is 2.69. The fourth-order valence-corrected chi connectivity index (χ4v) is 2.02. The average Bonchev–Trinajstić information content (AvgIpc) is 2.71. The molecule has 1 aromatic carbocycles. The topological polar surface area (TPSA) is 44.5 Å². The summed E-state index contributed by atoms with van der Waals surface area (Å²) >= 11 is 0. The van der Waals surface area contributed by atoms with E-state index in [0.717, 1.165) is 48.8 Å². The van der Waals surface area contributed by atoms with Gasteiger partial charge in [-0.3, -0.25) is 0 Å². The van der Waals surface area contributed by atoms with Crippen LogP contribution >= 0.6 is 0 Å². The molecule has 3 heteroatoms. The van der Waals surface area contributed by atoms with Crippen molar-refractivity contribution in [2.45, 2.75) is 12.8 Å². The van der Waals surface area contributed by atoms with Gasteiger partial charge in [0.2, 0.25) is 0 Å². The van der Waals surface area contributed by atoms with Gasteiger partial charge >= 0.3 is 0 Å². The molecule has 2 aliphatic rings. The van der Waals surface area contributed by atoms with Gasteiger partial charge in [-0.05, 0) is 6.07 Å². The molecule has 0 bridgehead atoms. The first kappa shape index (κ1) is 7.06. The monoisotopic (exact) mass is 177 g/mol. The summed E-state index contributed by atoms with van der Waals surface area (Å²) in [6, 6.07) is 2.07. The molecule has 0 aromatic heterocycles. The van der Waals surface area contributed by atoms with Crippen molar-refractivity contribution in [3.05, 3.63) is 17.2 Å². The van der Waals surface area contributed by atoms with Crippen LogP contribution in [0, 0.1) is 0 Å². The highest BCUT2D eigenvalue weighted by atomic mass is 16.5. The van der Waals surface area contributed by atoms with Crippen LogP contribution < -0.4 is 15.2 Å². The van der Waals surface area contributed by atoms with E-state index in [0.29, 0.717) is 0 Å². The lowest BCUT2D eigenvalue weighted by atomic mass is 10.1. The van der Waals surface area contributed by atoms with E-state index >= 15 is 0 Å². The first-order chi connectivity index (χ1) is 6.36. The zero-order valence-electron chi connectivity index (χ0n) is 7.30. The minimum absolute atomic E-state index is 0.752. The molecule has 0 unspecified atom stereocenters. The molecule has 0 fully saturated rings. The number of rotatable bonds is 0. The lowest BCUT2D eigenvalue weighted by Gasteiger charge is -2.07. The maximum atomic E-state index is 5.98. The minimum Gasteiger partial charge on any atom is -0.493 e. The highest BCUT2D eigenvalue weighted by Gasteiger charge is 2.24. The number of hydrogen-bond donors (Lipinski definition) is 1. The SMILES string of the molecule is Nc1c2c(cc3c1OCC3)OCC2. The molecule has 13 heavy (non-hydrogen) atoms. The predicted molar refractivity (Wildman–Crippen MR) is 49.3 cm³/mol. The lowest BCUT2D eigenvalue weighted by Crippen LogP contribution is -1.95. The molecule has 68 valence electrons. The van der Waals surface area contributed by atoms with Crippen molar-refractivity contribution in [2.24, 2.45) is 0 Å². The summed E-state index contributed by atoms with van der Waals surface area (Å²) in [4.78, 5) is 0. The first-order valence-corrected chi connectivity index (χ1v) is 4.56. The van der Waals surface area contributed by atoms with Crippen molar-refractivity contribution in [3.63, 3.8) is 0 Å². The van der Waals surface area contributed by atoms with E-state index in [9.17, 15) is 0 Å². The van der Waals surface area contributed by atoms with E-state index in [4.69, 9.17) is 15.2 Å². The molecule has 2 N–H and O–H groups in total. The zero-order valence-corrected chi connectivity index (χ0v) is 7.30. The van der Waals surface area contributed by atoms with Gasteiger partial charge in [0.1, 0.15) is 11.5 Å². The van der Waals surface area contributed by atoms with Gasteiger partial charge in [0.05, 0.1) is 18.9 Å². The number of anilines is 1. The van der Waals surface area contributed by atoms with Crippen LogP contribution in [0.5, 0.6) is 11.5 Å². The van der Waals surface area contributed by atoms with Crippen molar-refractivity contribution in [3.8, 4) is 11.5 Å². The highest BCUT2D eigenvalue weighted by Crippen LogP contribution is 2.42. The van der Waals surface area contributed by atoms with E-state index in [1.165, 1.54) is 5.56 Å². The van der Waals surface area contributed by atoms with Gasteiger partial charge in [0.15, 0.2) is 0 Å². The summed E-state index contributed by atoms with van der Waals surface area (Å²) in [6.45, 7) is 1.50. The van der Waals surface area contributed by atoms with Gasteiger partial charge in [0, 0.05) is 24.0 Å². The highest BCUT2D eigenvalue weighted by molar-refractivity contribution is 5.69. The van der Waals surface area contributed by atoms with Crippen molar-refractivity contribution in [1.82, 2.24) is 0 Å². The lowest BCUT2D eigenvalue weighted by molar-refractivity contribution is 0.356. The molecule has 2 heterocycles. The van der Waals surface area contributed by atoms with Crippen molar-refractivity contribution in [2.75, 3.05) is 18.9 Å². The van der Waals surface area contributed by atoms with Crippen LogP contribution in [-0.4, -0.2) is 13.2 Å². The summed E-state index contributed by atoms with van der Waals surface area (Å²) in [5.74, 6) is 1.85. The van der Waals surface area contributed by atoms with Gasteiger partial charge in [-0.25, -0.2) is 0 Å². The van der Waals surface area contributed by atoms with Gasteiger partial charge in [-0.2, -0.15) is 0 Å². The summed E-state index contributed by atoms with van der Waals surface area (Å²) < 4.78 is 10.9. The third kappa shape index (κ3) is 0.842. The van der Waals surface area contributed by atoms with Crippen LogP contribution in [0.15, 0.2) is 6.07 Å². The molecule has 0 aliphatic carbocycles. The zero-order chi connectivity index (χ0) is 8.84. The quantitative estimate of drug-likeness (QED) is 0.604. The molecular formula is C10H11NO2. The maximum absolute atomic E-state index is 5.98. The van der Waals surface area contributed by atoms with Gasteiger partial charge in [0.25, 0.3) is 0 Å². The smallest absolute Gasteiger partial charge is 0.146 e. The van der Waals surface area contributed by atoms with E-state index in [1.807, 2.05) is 0 Å². The minimum atomic E-state index is 0.752. The number of nitrogens with two attached hydrogens (primary N) is 1. The molecule has 0 saturated heterocycles. The van der Waals surface area contributed by atoms with Crippen LogP contribution in [-0.2, 0) is 12.8 Å². The Balaban J connectivity index is 2.26. The summed E-state index contributed by atoms with van der Waals surface area (Å²) in [5.41, 5.74) is 9.09. The van der Waals surface area contributed by atoms with Crippen LogP contribution in [0.1, 0.15) is 11.1 Å². The van der Waals surface area contributed by atoms with Crippen molar-refractivity contribution < 1.29 is 9.47 Å². The van der Waals surface area contributed by atoms with Crippen molar-refractivity contribution in [1.29, 1.82) is 0 Å². The largest absolute Gasteiger partial charge is 0.493 e. The van der Waals surface area contributed by atoms with E-state index in [-0.39, 0.29) is 0 Å². The van der Waals surface area contributed by atoms with Gasteiger partial charge in [-0.15, -0.1) is 0 Å². The summed E-state index contributed by atoms with van der Waals surface area (Å²) in [5, 5.41) is 0. The predicted octanol–water partition coefficient (Wildman–Crippen LogP) is 1.14. The molecule has 0 amide bonds. The summed E-state index contributed by atoms with van der Waals surface area (Å²) in [6.07, 6.45) is 1.87. The van der Waals surface area contributed by atoms with Crippen LogP contribution in [0.4, 0.5) is 5.69 Å². The Morgan fingerprint density at radius 3 is 2.92 bits per heavy atom. The van der Waals surface area contributed by atoms with Crippen LogP contribution in [0.3, 0.4) is 0 Å². The molecule has 3 nitrogen and oxygen atoms in total. The normalized spacial score (nSPS) is 17.5. The van der Waals surface area contributed by atoms with E-state index in [1.54, 1.807) is 0 Å². The fourth-order valence-electron chi connectivity index (χ4n) is 2.02. The number of hydrogen-bond acceptors (Lipinski definition) is 3. The Morgan fingerprint density at radius 1 is 1.15 bits per heavy atom. The van der Waals surface area contributed by atoms with Crippen molar-refractivity contribution >= 4 is 5.69 Å². The Hall–Kier alpha value is -1.38. The molecule has 1 aromatic rings. The van der Waals surface area contributed by atoms with Gasteiger partial charge in [-0.1, -0.05) is 0 Å². The number of fused-ring (bicyclic) bond motifs is 2. The molecular weight excluding hydrogens is 166 g/mol. The summed E-state index contributed by atoms with van der Waals surface area (Å²) in [7, 11) is 0. The molecule has 0 spiro atoms. The molecule has 0 atom stereocenters. The Labute approximate surface area is 76.4 Å². The number of ether oxygens (including phenoxy) is 2. The van der Waals surface area contributed by atoms with E-state index in [2.05, 4.69) is 6.07 Å². The van der Waals surface area contributed by atoms with Crippen LogP contribution in [0.2, 0.25) is 0 Å². The second kappa shape index (κ2) is 2.31. The fraction of sp³-hybridized carbons (Fsp3) is 0.400. The molecule has 3 rings (SSSR count). The Kier molecular flexibility index (Phi) is 1.26. The number of benzene rings is 1. The maximum Gasteiger partial charge on any atom is 0.146 e. The first-order valence-electron chi connectivity index (χ1n) is 4.56. The molecule has 0 saturated carbocycles. The average molecular weight is 177 g/mol. The van der Waals surface area contributed by atoms with E-state index < -0.39 is 0 Å². The molecule has 0 radical (unpaired) electrons.